The smallest absolute Gasteiger partial charge is 0.475 e. The number of carbonyl (C=O) groups excluding carboxylic acids is 2. The summed E-state index contributed by atoms with van der Waals surface area (Å²) in [6, 6.07) is 21.8. The number of likely N-dealkylation sites (tertiary alicyclic amines) is 2. The monoisotopic (exact) mass is 673 g/mol. The summed E-state index contributed by atoms with van der Waals surface area (Å²) < 4.78 is 55.3. The maximum Gasteiger partial charge on any atom is 0.490 e. The highest BCUT2D eigenvalue weighted by atomic mass is 32.2. The van der Waals surface area contributed by atoms with Gasteiger partial charge >= 0.3 is 12.1 Å². The normalized spacial score (nSPS) is 18.6. The van der Waals surface area contributed by atoms with Crippen LogP contribution in [0.4, 0.5) is 13.2 Å². The molecule has 0 aromatic heterocycles. The highest BCUT2D eigenvalue weighted by Crippen LogP contribution is 2.33. The first-order valence-corrected chi connectivity index (χ1v) is 17.0. The number of carboxylic acids is 1. The average molecular weight is 674 g/mol. The second-order valence-corrected chi connectivity index (χ2v) is 14.1. The maximum absolute atomic E-state index is 13.3. The van der Waals surface area contributed by atoms with Crippen molar-refractivity contribution >= 4 is 27.6 Å². The van der Waals surface area contributed by atoms with E-state index >= 15 is 0 Å². The van der Waals surface area contributed by atoms with Crippen LogP contribution in [0.1, 0.15) is 49.9 Å². The number of carboxylic acid groups (broad SMARTS) is 1. The number of hydrogen-bond donors (Lipinski definition) is 2. The summed E-state index contributed by atoms with van der Waals surface area (Å²) in [5.74, 6) is -1.91. The predicted molar refractivity (Wildman–Crippen MR) is 170 cm³/mol. The Kier molecular flexibility index (Phi) is 11.1. The van der Waals surface area contributed by atoms with Gasteiger partial charge in [-0.05, 0) is 73.1 Å². The number of rotatable bonds is 8. The zero-order chi connectivity index (χ0) is 34.5. The van der Waals surface area contributed by atoms with Gasteiger partial charge in [-0.2, -0.15) is 13.2 Å². The first-order chi connectivity index (χ1) is 22.0. The van der Waals surface area contributed by atoms with E-state index in [1.165, 1.54) is 12.1 Å². The van der Waals surface area contributed by atoms with Crippen molar-refractivity contribution in [3.8, 4) is 0 Å². The zero-order valence-electron chi connectivity index (χ0n) is 26.3. The van der Waals surface area contributed by atoms with Gasteiger partial charge in [-0.15, -0.1) is 0 Å². The highest BCUT2D eigenvalue weighted by molar-refractivity contribution is 7.90. The van der Waals surface area contributed by atoms with E-state index < -0.39 is 22.0 Å². The number of fused-ring (bicyclic) bond motifs is 1. The number of aryl methyl sites for hydroxylation is 2. The highest BCUT2D eigenvalue weighted by Gasteiger charge is 2.42. The second kappa shape index (κ2) is 14.7. The molecule has 3 atom stereocenters. The Bertz CT molecular complexity index is 1660. The van der Waals surface area contributed by atoms with Gasteiger partial charge in [-0.1, -0.05) is 48.5 Å². The Morgan fingerprint density at radius 3 is 1.89 bits per heavy atom. The number of aliphatic carboxylic acids is 1. The Morgan fingerprint density at radius 1 is 0.872 bits per heavy atom. The molecule has 3 aromatic rings. The Labute approximate surface area is 272 Å². The standard InChI is InChI=1S/C32H37N3O4S.C2HF3O2/c1-22-8-7-9-23(2)30(22)32(37)35-20-26-18-34(19-27(26)21-35)17-16-29(24-10-5-4-6-11-24)33-31(36)25-12-14-28(15-13-25)40(3,38)39;3-2(4,5)1(6)7/h4-15,26-27,29H,16-21H2,1-3H3,(H,33,36);(H,6,7)/t26-,27?,29?;/m0./s1. The van der Waals surface area contributed by atoms with Crippen LogP contribution in [0.15, 0.2) is 77.7 Å². The van der Waals surface area contributed by atoms with Crippen LogP contribution in [-0.4, -0.2) is 86.3 Å². The van der Waals surface area contributed by atoms with E-state index in [4.69, 9.17) is 9.90 Å². The van der Waals surface area contributed by atoms with Crippen LogP contribution >= 0.6 is 0 Å². The topological polar surface area (TPSA) is 124 Å². The molecular weight excluding hydrogens is 635 g/mol. The quantitative estimate of drug-likeness (QED) is 0.349. The van der Waals surface area contributed by atoms with Gasteiger partial charge < -0.3 is 20.2 Å². The van der Waals surface area contributed by atoms with Crippen molar-refractivity contribution in [1.82, 2.24) is 15.1 Å². The van der Waals surface area contributed by atoms with Crippen LogP contribution in [0, 0.1) is 25.7 Å². The summed E-state index contributed by atoms with van der Waals surface area (Å²) in [4.78, 5) is 40.0. The van der Waals surface area contributed by atoms with E-state index in [2.05, 4.69) is 10.2 Å². The van der Waals surface area contributed by atoms with Crippen LogP contribution in [-0.2, 0) is 14.6 Å². The first kappa shape index (κ1) is 35.6. The molecule has 5 rings (SSSR count). The molecule has 2 amide bonds. The molecule has 2 unspecified atom stereocenters. The lowest BCUT2D eigenvalue weighted by Gasteiger charge is -2.25. The number of alkyl halides is 3. The fourth-order valence-electron chi connectivity index (χ4n) is 6.16. The lowest BCUT2D eigenvalue weighted by Crippen LogP contribution is -2.35. The van der Waals surface area contributed by atoms with Gasteiger partial charge in [0.25, 0.3) is 11.8 Å². The minimum Gasteiger partial charge on any atom is -0.475 e. The Hall–Kier alpha value is -4.23. The molecule has 9 nitrogen and oxygen atoms in total. The minimum absolute atomic E-state index is 0.146. The average Bonchev–Trinajstić information content (AvgIpc) is 3.58. The molecule has 2 aliphatic rings. The van der Waals surface area contributed by atoms with Crippen molar-refractivity contribution < 1.29 is 41.1 Å². The van der Waals surface area contributed by atoms with E-state index in [1.807, 2.05) is 67.3 Å². The number of carbonyl (C=O) groups is 3. The molecule has 0 aliphatic carbocycles. The summed E-state index contributed by atoms with van der Waals surface area (Å²) in [5.41, 5.74) is 4.37. The molecule has 47 heavy (non-hydrogen) atoms. The van der Waals surface area contributed by atoms with E-state index in [9.17, 15) is 31.2 Å². The van der Waals surface area contributed by atoms with E-state index in [0.29, 0.717) is 17.4 Å². The third-order valence-electron chi connectivity index (χ3n) is 8.57. The molecule has 2 heterocycles. The molecule has 0 bridgehead atoms. The van der Waals surface area contributed by atoms with Crippen LogP contribution in [0.5, 0.6) is 0 Å². The first-order valence-electron chi connectivity index (χ1n) is 15.1. The largest absolute Gasteiger partial charge is 0.490 e. The number of benzene rings is 3. The summed E-state index contributed by atoms with van der Waals surface area (Å²) >= 11 is 0. The third-order valence-corrected chi connectivity index (χ3v) is 9.70. The van der Waals surface area contributed by atoms with Gasteiger partial charge in [0.05, 0.1) is 10.9 Å². The SMILES string of the molecule is Cc1cccc(C)c1C(=O)N1CC2CN(CCC(NC(=O)c3ccc(S(C)(=O)=O)cc3)c3ccccc3)C[C@H]2C1.O=C(O)C(F)(F)F. The Morgan fingerprint density at radius 2 is 1.40 bits per heavy atom. The van der Waals surface area contributed by atoms with E-state index in [0.717, 1.165) is 67.7 Å². The summed E-state index contributed by atoms with van der Waals surface area (Å²) in [6.07, 6.45) is -3.18. The van der Waals surface area contributed by atoms with Gasteiger partial charge in [0.2, 0.25) is 0 Å². The maximum atomic E-state index is 13.3. The van der Waals surface area contributed by atoms with Crippen LogP contribution in [0.3, 0.4) is 0 Å². The van der Waals surface area contributed by atoms with Gasteiger partial charge in [0.1, 0.15) is 0 Å². The van der Waals surface area contributed by atoms with Crippen molar-refractivity contribution in [3.05, 3.63) is 101 Å². The molecular formula is C34H38F3N3O6S. The van der Waals surface area contributed by atoms with E-state index in [-0.39, 0.29) is 22.8 Å². The molecule has 2 saturated heterocycles. The minimum atomic E-state index is -5.08. The second-order valence-electron chi connectivity index (χ2n) is 12.1. The number of nitrogens with zero attached hydrogens (tertiary/aromatic N) is 2. The van der Waals surface area contributed by atoms with Crippen LogP contribution < -0.4 is 5.32 Å². The number of sulfone groups is 1. The molecule has 252 valence electrons. The van der Waals surface area contributed by atoms with Gasteiger partial charge in [0.15, 0.2) is 9.84 Å². The number of hydrogen-bond acceptors (Lipinski definition) is 6. The molecule has 13 heteroatoms. The molecule has 3 aromatic carbocycles. The Balaban J connectivity index is 0.000000644. The number of nitrogens with one attached hydrogen (secondary N) is 1. The van der Waals surface area contributed by atoms with Crippen molar-refractivity contribution in [2.75, 3.05) is 39.0 Å². The van der Waals surface area contributed by atoms with Gasteiger partial charge in [0, 0.05) is 50.1 Å². The fraction of sp³-hybridized carbons (Fsp3) is 0.382. The van der Waals surface area contributed by atoms with E-state index in [1.54, 1.807) is 12.1 Å². The van der Waals surface area contributed by atoms with Gasteiger partial charge in [-0.25, -0.2) is 13.2 Å². The molecule has 0 spiro atoms. The molecule has 0 saturated carbocycles. The number of halogens is 3. The van der Waals surface area contributed by atoms with Crippen molar-refractivity contribution in [3.63, 3.8) is 0 Å². The molecule has 2 fully saturated rings. The molecule has 2 aliphatic heterocycles. The fourth-order valence-corrected chi connectivity index (χ4v) is 6.79. The zero-order valence-corrected chi connectivity index (χ0v) is 27.1. The van der Waals surface area contributed by atoms with Crippen molar-refractivity contribution in [2.24, 2.45) is 11.8 Å². The van der Waals surface area contributed by atoms with Crippen LogP contribution in [0.25, 0.3) is 0 Å². The molecule has 0 radical (unpaired) electrons. The summed E-state index contributed by atoms with van der Waals surface area (Å²) in [6.45, 7) is 8.32. The van der Waals surface area contributed by atoms with Crippen molar-refractivity contribution in [1.29, 1.82) is 0 Å². The van der Waals surface area contributed by atoms with Gasteiger partial charge in [-0.3, -0.25) is 9.59 Å². The van der Waals surface area contributed by atoms with Crippen molar-refractivity contribution in [2.45, 2.75) is 37.4 Å². The predicted octanol–water partition coefficient (Wildman–Crippen LogP) is 4.91. The number of amides is 2. The molecule has 2 N–H and O–H groups in total. The third kappa shape index (κ3) is 9.19. The van der Waals surface area contributed by atoms with Crippen LogP contribution in [0.2, 0.25) is 0 Å². The summed E-state index contributed by atoms with van der Waals surface area (Å²) in [5, 5.41) is 10.3. The lowest BCUT2D eigenvalue weighted by molar-refractivity contribution is -0.192. The lowest BCUT2D eigenvalue weighted by atomic mass is 10.0. The summed E-state index contributed by atoms with van der Waals surface area (Å²) in [7, 11) is -3.32.